The standard InChI is InChI=1S/C17H20N4O3S/c22-16(13-10-20(19-18-13)9-12-5-3-7-25-12)21-14-6-2-1-4-11(14)8-15(21)17(23)24/h3,5,7,10-11,14-15H,1-2,4,6,8-9H2,(H,23,24)/t11-,14+,15+/m1/s1. The molecule has 2 aliphatic rings. The van der Waals surface area contributed by atoms with E-state index in [2.05, 4.69) is 10.3 Å². The molecule has 2 fully saturated rings. The Bertz CT molecular complexity index is 773. The average Bonchev–Trinajstić information content (AvgIpc) is 3.34. The van der Waals surface area contributed by atoms with E-state index in [-0.39, 0.29) is 17.6 Å². The van der Waals surface area contributed by atoms with Crippen molar-refractivity contribution >= 4 is 23.2 Å². The van der Waals surface area contributed by atoms with Gasteiger partial charge in [-0.25, -0.2) is 9.48 Å². The van der Waals surface area contributed by atoms with Gasteiger partial charge in [0.15, 0.2) is 5.69 Å². The normalized spacial score (nSPS) is 25.8. The Morgan fingerprint density at radius 3 is 2.92 bits per heavy atom. The first kappa shape index (κ1) is 16.3. The Morgan fingerprint density at radius 2 is 2.16 bits per heavy atom. The molecule has 1 saturated carbocycles. The zero-order chi connectivity index (χ0) is 17.4. The van der Waals surface area contributed by atoms with E-state index >= 15 is 0 Å². The maximum atomic E-state index is 13.0. The van der Waals surface area contributed by atoms with Gasteiger partial charge < -0.3 is 10.0 Å². The highest BCUT2D eigenvalue weighted by Gasteiger charge is 2.48. The first-order chi connectivity index (χ1) is 12.1. The van der Waals surface area contributed by atoms with E-state index in [1.165, 1.54) is 0 Å². The highest BCUT2D eigenvalue weighted by atomic mass is 32.1. The fourth-order valence-corrected chi connectivity index (χ4v) is 4.84. The Balaban J connectivity index is 1.56. The Kier molecular flexibility index (Phi) is 4.29. The molecule has 0 unspecified atom stereocenters. The Morgan fingerprint density at radius 1 is 1.32 bits per heavy atom. The third-order valence-electron chi connectivity index (χ3n) is 5.26. The lowest BCUT2D eigenvalue weighted by molar-refractivity contribution is -0.141. The number of carboxylic acids is 1. The number of amides is 1. The van der Waals surface area contributed by atoms with Crippen LogP contribution in [0.4, 0.5) is 0 Å². The molecule has 132 valence electrons. The van der Waals surface area contributed by atoms with E-state index in [1.807, 2.05) is 17.5 Å². The molecule has 0 spiro atoms. The summed E-state index contributed by atoms with van der Waals surface area (Å²) >= 11 is 1.62. The molecule has 2 aromatic rings. The van der Waals surface area contributed by atoms with E-state index in [9.17, 15) is 14.7 Å². The number of fused-ring (bicyclic) bond motifs is 1. The van der Waals surface area contributed by atoms with Gasteiger partial charge in [-0.3, -0.25) is 4.79 Å². The summed E-state index contributed by atoms with van der Waals surface area (Å²) in [6, 6.07) is 3.24. The minimum absolute atomic E-state index is 0.0183. The first-order valence-corrected chi connectivity index (χ1v) is 9.49. The lowest BCUT2D eigenvalue weighted by atomic mass is 9.84. The van der Waals surface area contributed by atoms with Gasteiger partial charge in [0.05, 0.1) is 12.7 Å². The van der Waals surface area contributed by atoms with Crippen LogP contribution in [-0.4, -0.2) is 49.0 Å². The van der Waals surface area contributed by atoms with Crippen molar-refractivity contribution in [1.82, 2.24) is 19.9 Å². The zero-order valence-electron chi connectivity index (χ0n) is 13.7. The highest BCUT2D eigenvalue weighted by molar-refractivity contribution is 7.09. The minimum atomic E-state index is -0.922. The highest BCUT2D eigenvalue weighted by Crippen LogP contribution is 2.40. The summed E-state index contributed by atoms with van der Waals surface area (Å²) in [5.74, 6) is -0.937. The van der Waals surface area contributed by atoms with Gasteiger partial charge in [-0.1, -0.05) is 24.1 Å². The molecule has 0 aromatic carbocycles. The van der Waals surface area contributed by atoms with Crippen LogP contribution in [0.2, 0.25) is 0 Å². The topological polar surface area (TPSA) is 88.3 Å². The molecule has 1 N–H and O–H groups in total. The summed E-state index contributed by atoms with van der Waals surface area (Å²) in [4.78, 5) is 27.3. The Hall–Kier alpha value is -2.22. The molecule has 7 nitrogen and oxygen atoms in total. The van der Waals surface area contributed by atoms with Crippen molar-refractivity contribution in [2.75, 3.05) is 0 Å². The van der Waals surface area contributed by atoms with Crippen LogP contribution in [0.3, 0.4) is 0 Å². The number of aliphatic carboxylic acids is 1. The van der Waals surface area contributed by atoms with Crippen LogP contribution in [0.5, 0.6) is 0 Å². The molecule has 1 saturated heterocycles. The minimum Gasteiger partial charge on any atom is -0.480 e. The van der Waals surface area contributed by atoms with Crippen LogP contribution in [-0.2, 0) is 11.3 Å². The average molecular weight is 360 g/mol. The molecule has 0 radical (unpaired) electrons. The van der Waals surface area contributed by atoms with Gasteiger partial charge >= 0.3 is 5.97 Å². The summed E-state index contributed by atoms with van der Waals surface area (Å²) in [6.45, 7) is 0.562. The molecular formula is C17H20N4O3S. The number of carboxylic acid groups (broad SMARTS) is 1. The third kappa shape index (κ3) is 3.06. The first-order valence-electron chi connectivity index (χ1n) is 8.61. The molecule has 25 heavy (non-hydrogen) atoms. The molecule has 8 heteroatoms. The zero-order valence-corrected chi connectivity index (χ0v) is 14.6. The molecule has 1 amide bonds. The predicted molar refractivity (Wildman–Crippen MR) is 91.4 cm³/mol. The number of nitrogens with zero attached hydrogens (tertiary/aromatic N) is 4. The third-order valence-corrected chi connectivity index (χ3v) is 6.12. The van der Waals surface area contributed by atoms with E-state index in [0.29, 0.717) is 18.9 Å². The van der Waals surface area contributed by atoms with Gasteiger partial charge in [0.1, 0.15) is 6.04 Å². The second-order valence-corrected chi connectivity index (χ2v) is 7.83. The number of rotatable bonds is 4. The molecule has 1 aliphatic carbocycles. The van der Waals surface area contributed by atoms with E-state index in [4.69, 9.17) is 0 Å². The van der Waals surface area contributed by atoms with Crippen LogP contribution in [0.25, 0.3) is 0 Å². The SMILES string of the molecule is O=C(O)[C@@H]1C[C@H]2CCCC[C@@H]2N1C(=O)c1cn(Cc2cccs2)nn1. The summed E-state index contributed by atoms with van der Waals surface area (Å²) < 4.78 is 1.63. The molecule has 4 rings (SSSR count). The predicted octanol–water partition coefficient (Wildman–Crippen LogP) is 2.25. The van der Waals surface area contributed by atoms with Gasteiger partial charge in [0.2, 0.25) is 0 Å². The van der Waals surface area contributed by atoms with Gasteiger partial charge in [0, 0.05) is 10.9 Å². The number of thiophene rings is 1. The van der Waals surface area contributed by atoms with E-state index in [1.54, 1.807) is 27.1 Å². The molecule has 2 aromatic heterocycles. The summed E-state index contributed by atoms with van der Waals surface area (Å²) in [5.41, 5.74) is 0.231. The number of aromatic nitrogens is 3. The lowest BCUT2D eigenvalue weighted by Gasteiger charge is -2.32. The molecular weight excluding hydrogens is 340 g/mol. The van der Waals surface area contributed by atoms with Crippen LogP contribution in [0, 0.1) is 5.92 Å². The molecule has 1 aliphatic heterocycles. The van der Waals surface area contributed by atoms with E-state index < -0.39 is 12.0 Å². The quantitative estimate of drug-likeness (QED) is 0.903. The number of carbonyl (C=O) groups excluding carboxylic acids is 1. The second kappa shape index (κ2) is 6.59. The van der Waals surface area contributed by atoms with Crippen LogP contribution >= 0.6 is 11.3 Å². The number of carbonyl (C=O) groups is 2. The smallest absolute Gasteiger partial charge is 0.326 e. The summed E-state index contributed by atoms with van der Waals surface area (Å²) in [5, 5.41) is 19.6. The number of hydrogen-bond acceptors (Lipinski definition) is 5. The van der Waals surface area contributed by atoms with Crippen molar-refractivity contribution in [1.29, 1.82) is 0 Å². The van der Waals surface area contributed by atoms with Crippen LogP contribution in [0.15, 0.2) is 23.7 Å². The molecule has 3 heterocycles. The maximum absolute atomic E-state index is 13.0. The van der Waals surface area contributed by atoms with Crippen molar-refractivity contribution in [3.8, 4) is 0 Å². The largest absolute Gasteiger partial charge is 0.480 e. The maximum Gasteiger partial charge on any atom is 0.326 e. The van der Waals surface area contributed by atoms with Crippen molar-refractivity contribution < 1.29 is 14.7 Å². The van der Waals surface area contributed by atoms with Crippen molar-refractivity contribution in [2.45, 2.75) is 50.7 Å². The monoisotopic (exact) mass is 360 g/mol. The number of hydrogen-bond donors (Lipinski definition) is 1. The Labute approximate surface area is 149 Å². The van der Waals surface area contributed by atoms with Crippen LogP contribution in [0.1, 0.15) is 47.5 Å². The van der Waals surface area contributed by atoms with Crippen LogP contribution < -0.4 is 0 Å². The second-order valence-electron chi connectivity index (χ2n) is 6.79. The van der Waals surface area contributed by atoms with Crippen molar-refractivity contribution in [3.05, 3.63) is 34.3 Å². The van der Waals surface area contributed by atoms with E-state index in [0.717, 1.165) is 30.6 Å². The number of likely N-dealkylation sites (tertiary alicyclic amines) is 1. The van der Waals surface area contributed by atoms with Gasteiger partial charge in [0.25, 0.3) is 5.91 Å². The van der Waals surface area contributed by atoms with Crippen molar-refractivity contribution in [3.63, 3.8) is 0 Å². The fourth-order valence-electron chi connectivity index (χ4n) is 4.14. The van der Waals surface area contributed by atoms with Gasteiger partial charge in [-0.05, 0) is 36.6 Å². The summed E-state index contributed by atoms with van der Waals surface area (Å²) in [6.07, 6.45) is 6.22. The van der Waals surface area contributed by atoms with Gasteiger partial charge in [-0.2, -0.15) is 0 Å². The molecule has 0 bridgehead atoms. The summed E-state index contributed by atoms with van der Waals surface area (Å²) in [7, 11) is 0. The van der Waals surface area contributed by atoms with Gasteiger partial charge in [-0.15, -0.1) is 16.4 Å². The lowest BCUT2D eigenvalue weighted by Crippen LogP contribution is -2.46. The fraction of sp³-hybridized carbons (Fsp3) is 0.529. The molecule has 3 atom stereocenters. The van der Waals surface area contributed by atoms with Crippen molar-refractivity contribution in [2.24, 2.45) is 5.92 Å².